The quantitative estimate of drug-likeness (QED) is 0.751. The van der Waals surface area contributed by atoms with Gasteiger partial charge < -0.3 is 5.11 Å². The first kappa shape index (κ1) is 11.5. The Morgan fingerprint density at radius 2 is 2.08 bits per heavy atom. The van der Waals surface area contributed by atoms with E-state index in [1.54, 1.807) is 0 Å². The smallest absolute Gasteiger partial charge is 0.337 e. The molecule has 1 aromatic rings. The molecule has 0 aliphatic rings. The molecule has 0 amide bonds. The molecule has 0 saturated heterocycles. The minimum atomic E-state index is -1.07. The van der Waals surface area contributed by atoms with Crippen LogP contribution in [-0.2, 0) is 0 Å². The molecule has 0 saturated carbocycles. The lowest BCUT2D eigenvalue weighted by Gasteiger charge is -1.95. The number of carboxylic acid groups (broad SMARTS) is 1. The number of pyridine rings is 1. The summed E-state index contributed by atoms with van der Waals surface area (Å²) in [7, 11) is 0. The average molecular weight is 228 g/mol. The van der Waals surface area contributed by atoms with Gasteiger partial charge in [0.15, 0.2) is 0 Å². The lowest BCUT2D eigenvalue weighted by Crippen LogP contribution is -1.96. The number of rotatable bonds is 1. The molecule has 0 atom stereocenters. The molecule has 0 aliphatic carbocycles. The lowest BCUT2D eigenvalue weighted by molar-refractivity contribution is 0.0696. The zero-order chi connectivity index (χ0) is 8.43. The second-order valence-corrected chi connectivity index (χ2v) is 2.57. The zero-order valence-electron chi connectivity index (χ0n) is 5.62. The summed E-state index contributed by atoms with van der Waals surface area (Å²) in [4.78, 5) is 13.9. The van der Waals surface area contributed by atoms with E-state index in [2.05, 4.69) is 4.98 Å². The highest BCUT2D eigenvalue weighted by Crippen LogP contribution is 2.19. The molecule has 0 unspecified atom stereocenters. The van der Waals surface area contributed by atoms with Crippen LogP contribution in [0.4, 0.5) is 0 Å². The minimum Gasteiger partial charge on any atom is -0.478 e. The van der Waals surface area contributed by atoms with Crippen molar-refractivity contribution in [2.75, 3.05) is 0 Å². The summed E-state index contributed by atoms with van der Waals surface area (Å²) < 4.78 is 0. The molecule has 1 aromatic heterocycles. The molecule has 0 aromatic carbocycles. The Morgan fingerprint density at radius 1 is 1.50 bits per heavy atom. The Labute approximate surface area is 84.7 Å². The van der Waals surface area contributed by atoms with Gasteiger partial charge in [0, 0.05) is 6.20 Å². The Balaban J connectivity index is 0.00000121. The second-order valence-electron chi connectivity index (χ2n) is 1.80. The van der Waals surface area contributed by atoms with E-state index in [0.717, 1.165) is 6.20 Å². The molecular weight excluding hydrogens is 224 g/mol. The minimum absolute atomic E-state index is 0. The summed E-state index contributed by atoms with van der Waals surface area (Å²) in [5.41, 5.74) is 0.0272. The highest BCUT2D eigenvalue weighted by Gasteiger charge is 2.05. The van der Waals surface area contributed by atoms with Gasteiger partial charge in [-0.05, 0) is 6.07 Å². The predicted octanol–water partition coefficient (Wildman–Crippen LogP) is 2.51. The number of aromatic carboxylic acids is 1. The van der Waals surface area contributed by atoms with Gasteiger partial charge in [0.05, 0.1) is 10.6 Å². The van der Waals surface area contributed by atoms with Gasteiger partial charge in [-0.25, -0.2) is 9.78 Å². The number of aromatic nitrogens is 1. The van der Waals surface area contributed by atoms with Crippen LogP contribution in [0.5, 0.6) is 0 Å². The highest BCUT2D eigenvalue weighted by atomic mass is 35.5. The van der Waals surface area contributed by atoms with E-state index >= 15 is 0 Å². The fourth-order valence-electron chi connectivity index (χ4n) is 0.538. The summed E-state index contributed by atoms with van der Waals surface area (Å²) in [5, 5.41) is 8.71. The van der Waals surface area contributed by atoms with Crippen molar-refractivity contribution in [3.63, 3.8) is 0 Å². The van der Waals surface area contributed by atoms with Crippen LogP contribution < -0.4 is 0 Å². The molecule has 12 heavy (non-hydrogen) atoms. The maximum atomic E-state index is 10.3. The number of halogens is 3. The Kier molecular flexibility index (Phi) is 4.31. The van der Waals surface area contributed by atoms with E-state index in [4.69, 9.17) is 28.3 Å². The SMILES string of the molecule is Cl.O=C(O)c1cnc(Cl)c(Cl)c1. The van der Waals surface area contributed by atoms with Gasteiger partial charge in [0.2, 0.25) is 0 Å². The number of nitrogens with zero attached hydrogens (tertiary/aromatic N) is 1. The third-order valence-corrected chi connectivity index (χ3v) is 1.73. The third-order valence-electron chi connectivity index (χ3n) is 1.04. The van der Waals surface area contributed by atoms with Gasteiger partial charge in [-0.15, -0.1) is 12.4 Å². The molecule has 1 N–H and O–H groups in total. The summed E-state index contributed by atoms with van der Waals surface area (Å²) in [5.74, 6) is -1.07. The van der Waals surface area contributed by atoms with Crippen LogP contribution in [0.1, 0.15) is 10.4 Å². The van der Waals surface area contributed by atoms with Crippen molar-refractivity contribution in [3.05, 3.63) is 28.0 Å². The molecule has 0 fully saturated rings. The molecule has 66 valence electrons. The van der Waals surface area contributed by atoms with Crippen LogP contribution in [0, 0.1) is 0 Å². The van der Waals surface area contributed by atoms with Crippen LogP contribution >= 0.6 is 35.6 Å². The lowest BCUT2D eigenvalue weighted by atomic mass is 10.3. The number of hydrogen-bond acceptors (Lipinski definition) is 2. The normalized spacial score (nSPS) is 8.83. The fraction of sp³-hybridized carbons (Fsp3) is 0. The Morgan fingerprint density at radius 3 is 2.50 bits per heavy atom. The molecular formula is C6H4Cl3NO2. The van der Waals surface area contributed by atoms with Crippen molar-refractivity contribution in [1.82, 2.24) is 4.98 Å². The Hall–Kier alpha value is -0.510. The molecule has 6 heteroatoms. The van der Waals surface area contributed by atoms with Crippen LogP contribution in [-0.4, -0.2) is 16.1 Å². The van der Waals surface area contributed by atoms with Crippen molar-refractivity contribution in [2.45, 2.75) is 0 Å². The predicted molar refractivity (Wildman–Crippen MR) is 48.5 cm³/mol. The summed E-state index contributed by atoms with van der Waals surface area (Å²) in [6.07, 6.45) is 1.15. The van der Waals surface area contributed by atoms with E-state index in [9.17, 15) is 4.79 Å². The van der Waals surface area contributed by atoms with Gasteiger partial charge in [-0.1, -0.05) is 23.2 Å². The van der Waals surface area contributed by atoms with E-state index in [1.165, 1.54) is 6.07 Å². The van der Waals surface area contributed by atoms with Gasteiger partial charge in [-0.3, -0.25) is 0 Å². The highest BCUT2D eigenvalue weighted by molar-refractivity contribution is 6.41. The Bertz CT molecular complexity index is 303. The summed E-state index contributed by atoms with van der Waals surface area (Å²) in [6.45, 7) is 0. The van der Waals surface area contributed by atoms with E-state index < -0.39 is 5.97 Å². The maximum absolute atomic E-state index is 10.3. The third kappa shape index (κ3) is 2.52. The zero-order valence-corrected chi connectivity index (χ0v) is 7.95. The first-order valence-corrected chi connectivity index (χ1v) is 3.41. The van der Waals surface area contributed by atoms with Crippen molar-refractivity contribution in [2.24, 2.45) is 0 Å². The van der Waals surface area contributed by atoms with E-state index in [1.807, 2.05) is 0 Å². The first-order valence-electron chi connectivity index (χ1n) is 2.65. The summed E-state index contributed by atoms with van der Waals surface area (Å²) in [6, 6.07) is 1.25. The van der Waals surface area contributed by atoms with Crippen molar-refractivity contribution < 1.29 is 9.90 Å². The number of carboxylic acids is 1. The summed E-state index contributed by atoms with van der Waals surface area (Å²) >= 11 is 10.9. The second kappa shape index (κ2) is 4.50. The first-order chi connectivity index (χ1) is 5.11. The van der Waals surface area contributed by atoms with Gasteiger partial charge in [0.25, 0.3) is 0 Å². The topological polar surface area (TPSA) is 50.2 Å². The van der Waals surface area contributed by atoms with E-state index in [-0.39, 0.29) is 28.1 Å². The number of hydrogen-bond donors (Lipinski definition) is 1. The average Bonchev–Trinajstić information content (AvgIpc) is 1.94. The monoisotopic (exact) mass is 227 g/mol. The van der Waals surface area contributed by atoms with Crippen molar-refractivity contribution >= 4 is 41.6 Å². The standard InChI is InChI=1S/C6H3Cl2NO2.ClH/c7-4-1-3(6(10)11)2-9-5(4)8;/h1-2H,(H,10,11);1H. The molecule has 3 nitrogen and oxygen atoms in total. The van der Waals surface area contributed by atoms with Crippen LogP contribution in [0.15, 0.2) is 12.3 Å². The maximum Gasteiger partial charge on any atom is 0.337 e. The largest absolute Gasteiger partial charge is 0.478 e. The molecule has 0 bridgehead atoms. The van der Waals surface area contributed by atoms with Crippen LogP contribution in [0.2, 0.25) is 10.2 Å². The van der Waals surface area contributed by atoms with Crippen LogP contribution in [0.3, 0.4) is 0 Å². The van der Waals surface area contributed by atoms with Crippen LogP contribution in [0.25, 0.3) is 0 Å². The van der Waals surface area contributed by atoms with Gasteiger partial charge in [-0.2, -0.15) is 0 Å². The van der Waals surface area contributed by atoms with E-state index in [0.29, 0.717) is 0 Å². The molecule has 1 rings (SSSR count). The fourth-order valence-corrected chi connectivity index (χ4v) is 0.808. The van der Waals surface area contributed by atoms with Gasteiger partial charge >= 0.3 is 5.97 Å². The number of carbonyl (C=O) groups is 1. The van der Waals surface area contributed by atoms with Gasteiger partial charge in [0.1, 0.15) is 5.15 Å². The molecule has 0 spiro atoms. The van der Waals surface area contributed by atoms with Crippen molar-refractivity contribution in [3.8, 4) is 0 Å². The molecule has 0 radical (unpaired) electrons. The van der Waals surface area contributed by atoms with Crippen molar-refractivity contribution in [1.29, 1.82) is 0 Å². The molecule has 1 heterocycles. The molecule has 0 aliphatic heterocycles.